The monoisotopic (exact) mass is 430 g/mol. The van der Waals surface area contributed by atoms with Gasteiger partial charge in [-0.3, -0.25) is 9.59 Å². The zero-order chi connectivity index (χ0) is 22.3. The topological polar surface area (TPSA) is 49.4 Å². The van der Waals surface area contributed by atoms with Crippen molar-refractivity contribution in [1.82, 2.24) is 0 Å². The number of nitrogens with zero attached hydrogens (tertiary/aromatic N) is 1. The lowest BCUT2D eigenvalue weighted by Gasteiger charge is -2.19. The Morgan fingerprint density at radius 1 is 0.806 bits per heavy atom. The number of benzene rings is 3. The maximum atomic E-state index is 13.6. The Morgan fingerprint density at radius 2 is 1.52 bits per heavy atom. The highest BCUT2D eigenvalue weighted by Crippen LogP contribution is 2.36. The maximum absolute atomic E-state index is 13.6. The minimum absolute atomic E-state index is 0.264. The van der Waals surface area contributed by atoms with Gasteiger partial charge in [-0.05, 0) is 74.2 Å². The van der Waals surface area contributed by atoms with Gasteiger partial charge in [0, 0.05) is 10.7 Å². The van der Waals surface area contributed by atoms with Gasteiger partial charge in [0.25, 0.3) is 11.8 Å². The molecule has 2 amide bonds. The Morgan fingerprint density at radius 3 is 2.19 bits per heavy atom. The molecule has 1 N–H and O–H groups in total. The molecule has 1 heterocycles. The number of carbonyl (C=O) groups excluding carboxylic acids is 2. The molecular formula is C26H23ClN2O2. The van der Waals surface area contributed by atoms with E-state index in [0.717, 1.165) is 27.9 Å². The molecule has 0 spiro atoms. The fourth-order valence-corrected chi connectivity index (χ4v) is 3.96. The lowest BCUT2D eigenvalue weighted by atomic mass is 10.0. The average Bonchev–Trinajstić information content (AvgIpc) is 2.97. The van der Waals surface area contributed by atoms with Crippen molar-refractivity contribution in [2.75, 3.05) is 10.2 Å². The molecule has 0 bridgehead atoms. The van der Waals surface area contributed by atoms with Crippen molar-refractivity contribution < 1.29 is 9.59 Å². The van der Waals surface area contributed by atoms with E-state index in [9.17, 15) is 9.59 Å². The lowest BCUT2D eigenvalue weighted by molar-refractivity contribution is -0.120. The highest BCUT2D eigenvalue weighted by Gasteiger charge is 2.41. The van der Waals surface area contributed by atoms with Gasteiger partial charge in [-0.1, -0.05) is 53.6 Å². The summed E-state index contributed by atoms with van der Waals surface area (Å²) < 4.78 is 0. The van der Waals surface area contributed by atoms with Crippen LogP contribution in [0.3, 0.4) is 0 Å². The fraction of sp³-hybridized carbons (Fsp3) is 0.154. The average molecular weight is 431 g/mol. The zero-order valence-electron chi connectivity index (χ0n) is 17.9. The molecule has 0 unspecified atom stereocenters. The molecule has 0 saturated carbocycles. The van der Waals surface area contributed by atoms with Gasteiger partial charge in [-0.2, -0.15) is 0 Å². The molecule has 4 rings (SSSR count). The van der Waals surface area contributed by atoms with E-state index < -0.39 is 0 Å². The van der Waals surface area contributed by atoms with Gasteiger partial charge < -0.3 is 5.32 Å². The van der Waals surface area contributed by atoms with E-state index in [4.69, 9.17) is 11.6 Å². The first-order valence-electron chi connectivity index (χ1n) is 10.1. The van der Waals surface area contributed by atoms with Crippen LogP contribution in [0.5, 0.6) is 0 Å². The molecule has 3 aromatic carbocycles. The third kappa shape index (κ3) is 3.75. The van der Waals surface area contributed by atoms with E-state index in [-0.39, 0.29) is 17.5 Å². The fourth-order valence-electron chi connectivity index (χ4n) is 3.73. The van der Waals surface area contributed by atoms with Crippen molar-refractivity contribution in [2.24, 2.45) is 0 Å². The molecule has 0 aromatic heterocycles. The predicted octanol–water partition coefficient (Wildman–Crippen LogP) is 5.97. The summed E-state index contributed by atoms with van der Waals surface area (Å²) in [7, 11) is 0. The summed E-state index contributed by atoms with van der Waals surface area (Å²) >= 11 is 6.09. The third-order valence-electron chi connectivity index (χ3n) is 5.69. The van der Waals surface area contributed by atoms with Gasteiger partial charge in [-0.25, -0.2) is 4.90 Å². The summed E-state index contributed by atoms with van der Waals surface area (Å²) in [5.41, 5.74) is 6.54. The van der Waals surface area contributed by atoms with Gasteiger partial charge in [-0.15, -0.1) is 0 Å². The Labute approximate surface area is 187 Å². The van der Waals surface area contributed by atoms with Crippen LogP contribution in [0, 0.1) is 27.7 Å². The number of hydrogen-bond acceptors (Lipinski definition) is 3. The second-order valence-corrected chi connectivity index (χ2v) is 8.30. The van der Waals surface area contributed by atoms with Crippen LogP contribution >= 0.6 is 11.6 Å². The van der Waals surface area contributed by atoms with Crippen molar-refractivity contribution in [3.63, 3.8) is 0 Å². The lowest BCUT2D eigenvalue weighted by Crippen LogP contribution is -2.33. The van der Waals surface area contributed by atoms with Gasteiger partial charge in [0.05, 0.1) is 11.3 Å². The first kappa shape index (κ1) is 20.9. The van der Waals surface area contributed by atoms with Crippen molar-refractivity contribution in [3.05, 3.63) is 99.2 Å². The summed E-state index contributed by atoms with van der Waals surface area (Å²) in [6, 6.07) is 18.6. The first-order chi connectivity index (χ1) is 14.8. The normalized spacial score (nSPS) is 13.9. The van der Waals surface area contributed by atoms with Crippen LogP contribution in [-0.2, 0) is 9.59 Å². The van der Waals surface area contributed by atoms with Crippen molar-refractivity contribution >= 4 is 40.4 Å². The van der Waals surface area contributed by atoms with E-state index in [1.54, 1.807) is 12.1 Å². The minimum Gasteiger partial charge on any atom is -0.350 e. The molecule has 1 aliphatic rings. The molecule has 0 atom stereocenters. The SMILES string of the molecule is Cc1ccc(C2=C(Nc3ccc(Cl)cc3C)C(=O)N(c3cccc(C)c3C)C2=O)cc1. The van der Waals surface area contributed by atoms with Crippen LogP contribution in [-0.4, -0.2) is 11.8 Å². The van der Waals surface area contributed by atoms with Crippen molar-refractivity contribution in [3.8, 4) is 0 Å². The Bertz CT molecular complexity index is 1240. The molecule has 31 heavy (non-hydrogen) atoms. The number of aryl methyl sites for hydroxylation is 3. The molecule has 0 radical (unpaired) electrons. The molecule has 156 valence electrons. The summed E-state index contributed by atoms with van der Waals surface area (Å²) in [6.45, 7) is 7.78. The third-order valence-corrected chi connectivity index (χ3v) is 5.92. The second-order valence-electron chi connectivity index (χ2n) is 7.87. The van der Waals surface area contributed by atoms with Crippen molar-refractivity contribution in [1.29, 1.82) is 0 Å². The zero-order valence-corrected chi connectivity index (χ0v) is 18.7. The highest BCUT2D eigenvalue weighted by atomic mass is 35.5. The molecule has 1 aliphatic heterocycles. The number of carbonyl (C=O) groups is 2. The number of nitrogens with one attached hydrogen (secondary N) is 1. The molecule has 0 saturated heterocycles. The number of halogens is 1. The summed E-state index contributed by atoms with van der Waals surface area (Å²) in [6.07, 6.45) is 0. The highest BCUT2D eigenvalue weighted by molar-refractivity contribution is 6.46. The number of rotatable bonds is 4. The summed E-state index contributed by atoms with van der Waals surface area (Å²) in [5, 5.41) is 3.84. The minimum atomic E-state index is -0.372. The van der Waals surface area contributed by atoms with Gasteiger partial charge in [0.2, 0.25) is 0 Å². The van der Waals surface area contributed by atoms with E-state index >= 15 is 0 Å². The smallest absolute Gasteiger partial charge is 0.282 e. The Kier molecular flexibility index (Phi) is 5.42. The first-order valence-corrected chi connectivity index (χ1v) is 10.4. The van der Waals surface area contributed by atoms with Gasteiger partial charge >= 0.3 is 0 Å². The van der Waals surface area contributed by atoms with Crippen LogP contribution < -0.4 is 10.2 Å². The quantitative estimate of drug-likeness (QED) is 0.518. The molecule has 0 fully saturated rings. The largest absolute Gasteiger partial charge is 0.350 e. The Balaban J connectivity index is 1.87. The number of anilines is 2. The maximum Gasteiger partial charge on any atom is 0.282 e. The predicted molar refractivity (Wildman–Crippen MR) is 126 cm³/mol. The van der Waals surface area contributed by atoms with Crippen LogP contribution in [0.4, 0.5) is 11.4 Å². The molecule has 0 aliphatic carbocycles. The van der Waals surface area contributed by atoms with Crippen LogP contribution in [0.1, 0.15) is 27.8 Å². The van der Waals surface area contributed by atoms with Crippen LogP contribution in [0.2, 0.25) is 5.02 Å². The van der Waals surface area contributed by atoms with E-state index in [1.807, 2.05) is 76.2 Å². The number of hydrogen-bond donors (Lipinski definition) is 1. The molecule has 4 nitrogen and oxygen atoms in total. The number of imide groups is 1. The summed E-state index contributed by atoms with van der Waals surface area (Å²) in [5.74, 6) is -0.708. The second kappa shape index (κ2) is 8.05. The standard InChI is InChI=1S/C26H23ClN2O2/c1-15-8-10-19(11-9-15)23-24(28-21-13-12-20(27)14-17(21)3)26(31)29(25(23)30)22-7-5-6-16(2)18(22)4/h5-14,28H,1-4H3. The molecule has 5 heteroatoms. The van der Waals surface area contributed by atoms with Crippen molar-refractivity contribution in [2.45, 2.75) is 27.7 Å². The van der Waals surface area contributed by atoms with Crippen LogP contribution in [0.15, 0.2) is 66.4 Å². The molecular weight excluding hydrogens is 408 g/mol. The van der Waals surface area contributed by atoms with Crippen LogP contribution in [0.25, 0.3) is 5.57 Å². The van der Waals surface area contributed by atoms with Gasteiger partial charge in [0.15, 0.2) is 0 Å². The molecule has 3 aromatic rings. The van der Waals surface area contributed by atoms with E-state index in [2.05, 4.69) is 5.32 Å². The van der Waals surface area contributed by atoms with E-state index in [1.165, 1.54) is 4.90 Å². The number of amides is 2. The Hall–Kier alpha value is -3.37. The summed E-state index contributed by atoms with van der Waals surface area (Å²) in [4.78, 5) is 28.4. The van der Waals surface area contributed by atoms with Gasteiger partial charge in [0.1, 0.15) is 5.70 Å². The van der Waals surface area contributed by atoms with E-state index in [0.29, 0.717) is 21.8 Å².